The molecule has 1 heterocycles. The normalized spacial score (nSPS) is 27.5. The van der Waals surface area contributed by atoms with Crippen LogP contribution in [0.1, 0.15) is 13.3 Å². The highest BCUT2D eigenvalue weighted by Gasteiger charge is 2.67. The molecule has 1 aromatic heterocycles. The third kappa shape index (κ3) is 1.72. The molecule has 1 saturated carbocycles. The van der Waals surface area contributed by atoms with E-state index in [1.165, 1.54) is 0 Å². The van der Waals surface area contributed by atoms with Crippen molar-refractivity contribution in [2.75, 3.05) is 5.32 Å². The second-order valence-electron chi connectivity index (χ2n) is 4.07. The van der Waals surface area contributed by atoms with Crippen molar-refractivity contribution in [3.05, 3.63) is 12.4 Å². The zero-order valence-electron chi connectivity index (χ0n) is 8.42. The van der Waals surface area contributed by atoms with Crippen LogP contribution in [-0.2, 0) is 11.8 Å². The topological polar surface area (TPSA) is 46.9 Å². The van der Waals surface area contributed by atoms with Gasteiger partial charge in [0.2, 0.25) is 5.91 Å². The summed E-state index contributed by atoms with van der Waals surface area (Å²) in [6, 6.07) is 0. The van der Waals surface area contributed by atoms with Crippen LogP contribution in [0, 0.1) is 5.41 Å². The van der Waals surface area contributed by atoms with E-state index in [1.54, 1.807) is 31.0 Å². The molecule has 15 heavy (non-hydrogen) atoms. The third-order valence-corrected chi connectivity index (χ3v) is 3.82. The molecule has 0 aliphatic heterocycles. The summed E-state index contributed by atoms with van der Waals surface area (Å²) in [6.45, 7) is 1.75. The predicted octanol–water partition coefficient (Wildman–Crippen LogP) is 1.94. The summed E-state index contributed by atoms with van der Waals surface area (Å²) in [5.41, 5.74) is -0.0360. The van der Waals surface area contributed by atoms with Gasteiger partial charge in [0.15, 0.2) is 0 Å². The van der Waals surface area contributed by atoms with Crippen LogP contribution in [0.2, 0.25) is 0 Å². The van der Waals surface area contributed by atoms with E-state index in [2.05, 4.69) is 10.4 Å². The fraction of sp³-hybridized carbons (Fsp3) is 0.556. The van der Waals surface area contributed by atoms with Crippen LogP contribution in [0.3, 0.4) is 0 Å². The first-order chi connectivity index (χ1) is 6.85. The summed E-state index contributed by atoms with van der Waals surface area (Å²) < 4.78 is 0.679. The van der Waals surface area contributed by atoms with Crippen LogP contribution >= 0.6 is 23.2 Å². The van der Waals surface area contributed by atoms with E-state index in [1.807, 2.05) is 0 Å². The monoisotopic (exact) mass is 247 g/mol. The summed E-state index contributed by atoms with van der Waals surface area (Å²) in [7, 11) is 1.78. The predicted molar refractivity (Wildman–Crippen MR) is 59.0 cm³/mol. The molecule has 6 heteroatoms. The standard InChI is InChI=1S/C9H11Cl2N3O/c1-8(5-9(8,10)11)7(15)13-6-3-12-14(2)4-6/h3-4H,5H2,1-2H3,(H,13,15)/t8-/m1/s1. The molecule has 1 fully saturated rings. The van der Waals surface area contributed by atoms with Crippen molar-refractivity contribution in [1.82, 2.24) is 9.78 Å². The van der Waals surface area contributed by atoms with E-state index in [0.29, 0.717) is 12.1 Å². The molecular formula is C9H11Cl2N3O. The van der Waals surface area contributed by atoms with Gasteiger partial charge in [0.25, 0.3) is 0 Å². The first kappa shape index (κ1) is 10.8. The number of halogens is 2. The minimum absolute atomic E-state index is 0.166. The Balaban J connectivity index is 2.06. The maximum absolute atomic E-state index is 11.8. The number of alkyl halides is 2. The van der Waals surface area contributed by atoms with E-state index in [0.717, 1.165) is 0 Å². The molecule has 1 aliphatic carbocycles. The Kier molecular flexibility index (Phi) is 2.24. The van der Waals surface area contributed by atoms with Crippen LogP contribution in [0.25, 0.3) is 0 Å². The molecule has 0 unspecified atom stereocenters. The summed E-state index contributed by atoms with van der Waals surface area (Å²) in [5, 5.41) is 6.67. The molecule has 0 spiro atoms. The van der Waals surface area contributed by atoms with E-state index in [4.69, 9.17) is 23.2 Å². The number of amides is 1. The van der Waals surface area contributed by atoms with Gasteiger partial charge < -0.3 is 5.32 Å². The van der Waals surface area contributed by atoms with Crippen molar-refractivity contribution in [3.63, 3.8) is 0 Å². The van der Waals surface area contributed by atoms with Crippen molar-refractivity contribution in [1.29, 1.82) is 0 Å². The molecule has 1 aromatic rings. The van der Waals surface area contributed by atoms with Crippen LogP contribution in [0.15, 0.2) is 12.4 Å². The number of aryl methyl sites for hydroxylation is 1. The second-order valence-corrected chi connectivity index (χ2v) is 5.55. The minimum atomic E-state index is -0.931. The van der Waals surface area contributed by atoms with Gasteiger partial charge in [0.05, 0.1) is 17.3 Å². The Bertz CT molecular complexity index is 415. The number of carbonyl (C=O) groups excluding carboxylic acids is 1. The number of hydrogen-bond acceptors (Lipinski definition) is 2. The first-order valence-corrected chi connectivity index (χ1v) is 5.29. The van der Waals surface area contributed by atoms with E-state index in [-0.39, 0.29) is 5.91 Å². The maximum Gasteiger partial charge on any atom is 0.233 e. The minimum Gasteiger partial charge on any atom is -0.323 e. The zero-order valence-corrected chi connectivity index (χ0v) is 9.93. The van der Waals surface area contributed by atoms with E-state index < -0.39 is 9.75 Å². The number of rotatable bonds is 2. The summed E-state index contributed by atoms with van der Waals surface area (Å²) >= 11 is 11.8. The molecule has 1 aliphatic rings. The highest BCUT2D eigenvalue weighted by Crippen LogP contribution is 2.64. The third-order valence-electron chi connectivity index (χ3n) is 2.72. The number of nitrogens with one attached hydrogen (secondary N) is 1. The van der Waals surface area contributed by atoms with Crippen LogP contribution in [0.4, 0.5) is 5.69 Å². The summed E-state index contributed by atoms with van der Waals surface area (Å²) in [4.78, 5) is 11.8. The number of nitrogens with zero attached hydrogens (tertiary/aromatic N) is 2. The summed E-state index contributed by atoms with van der Waals surface area (Å²) in [6.07, 6.45) is 3.77. The lowest BCUT2D eigenvalue weighted by molar-refractivity contribution is -0.120. The molecule has 82 valence electrons. The van der Waals surface area contributed by atoms with Crippen LogP contribution < -0.4 is 5.32 Å². The van der Waals surface area contributed by atoms with Crippen LogP contribution in [0.5, 0.6) is 0 Å². The molecule has 0 radical (unpaired) electrons. The average molecular weight is 248 g/mol. The van der Waals surface area contributed by atoms with Crippen molar-refractivity contribution in [2.45, 2.75) is 17.7 Å². The molecule has 1 N–H and O–H groups in total. The Morgan fingerprint density at radius 3 is 2.67 bits per heavy atom. The van der Waals surface area contributed by atoms with Crippen molar-refractivity contribution in [3.8, 4) is 0 Å². The second kappa shape index (κ2) is 3.12. The zero-order chi connectivity index (χ0) is 11.3. The van der Waals surface area contributed by atoms with Gasteiger partial charge in [-0.1, -0.05) is 0 Å². The molecule has 0 saturated heterocycles. The van der Waals surface area contributed by atoms with Gasteiger partial charge in [0, 0.05) is 13.2 Å². The molecular weight excluding hydrogens is 237 g/mol. The Hall–Kier alpha value is -0.740. The number of carbonyl (C=O) groups is 1. The highest BCUT2D eigenvalue weighted by atomic mass is 35.5. The summed E-state index contributed by atoms with van der Waals surface area (Å²) in [5.74, 6) is -0.166. The SMILES string of the molecule is Cn1cc(NC(=O)[C@@]2(C)CC2(Cl)Cl)cn1. The molecule has 2 rings (SSSR count). The molecule has 1 amide bonds. The fourth-order valence-electron chi connectivity index (χ4n) is 1.40. The Labute approximate surface area is 97.5 Å². The quantitative estimate of drug-likeness (QED) is 0.813. The average Bonchev–Trinajstić information content (AvgIpc) is 2.47. The van der Waals surface area contributed by atoms with Gasteiger partial charge in [-0.3, -0.25) is 9.48 Å². The van der Waals surface area contributed by atoms with Crippen LogP contribution in [-0.4, -0.2) is 20.0 Å². The van der Waals surface area contributed by atoms with Crippen molar-refractivity contribution >= 4 is 34.8 Å². The Morgan fingerprint density at radius 2 is 2.27 bits per heavy atom. The fourth-order valence-corrected chi connectivity index (χ4v) is 2.11. The maximum atomic E-state index is 11.8. The molecule has 1 atom stereocenters. The first-order valence-electron chi connectivity index (χ1n) is 4.53. The lowest BCUT2D eigenvalue weighted by Gasteiger charge is -2.10. The lowest BCUT2D eigenvalue weighted by Crippen LogP contribution is -2.25. The number of hydrogen-bond donors (Lipinski definition) is 1. The number of aromatic nitrogens is 2. The van der Waals surface area contributed by atoms with Gasteiger partial charge in [-0.2, -0.15) is 5.10 Å². The molecule has 4 nitrogen and oxygen atoms in total. The highest BCUT2D eigenvalue weighted by molar-refractivity contribution is 6.53. The Morgan fingerprint density at radius 1 is 1.67 bits per heavy atom. The van der Waals surface area contributed by atoms with E-state index in [9.17, 15) is 4.79 Å². The van der Waals surface area contributed by atoms with E-state index >= 15 is 0 Å². The van der Waals surface area contributed by atoms with Crippen molar-refractivity contribution < 1.29 is 4.79 Å². The van der Waals surface area contributed by atoms with Gasteiger partial charge in [-0.05, 0) is 13.3 Å². The lowest BCUT2D eigenvalue weighted by atomic mass is 10.1. The smallest absolute Gasteiger partial charge is 0.233 e. The van der Waals surface area contributed by atoms with Gasteiger partial charge >= 0.3 is 0 Å². The largest absolute Gasteiger partial charge is 0.323 e. The molecule has 0 aromatic carbocycles. The number of anilines is 1. The van der Waals surface area contributed by atoms with Gasteiger partial charge in [-0.15, -0.1) is 23.2 Å². The molecule has 0 bridgehead atoms. The van der Waals surface area contributed by atoms with Gasteiger partial charge in [0.1, 0.15) is 4.33 Å². The van der Waals surface area contributed by atoms with Gasteiger partial charge in [-0.25, -0.2) is 0 Å². The van der Waals surface area contributed by atoms with Crippen molar-refractivity contribution in [2.24, 2.45) is 12.5 Å².